The van der Waals surface area contributed by atoms with Crippen LogP contribution in [0, 0.1) is 12.8 Å². The second kappa shape index (κ2) is 5.07. The molecule has 4 nitrogen and oxygen atoms in total. The van der Waals surface area contributed by atoms with Gasteiger partial charge in [-0.1, -0.05) is 55.0 Å². The van der Waals surface area contributed by atoms with Crippen LogP contribution in [0.2, 0.25) is 0 Å². The van der Waals surface area contributed by atoms with E-state index < -0.39 is 17.4 Å². The Morgan fingerprint density at radius 2 is 1.86 bits per heavy atom. The van der Waals surface area contributed by atoms with Crippen molar-refractivity contribution in [2.24, 2.45) is 5.92 Å². The van der Waals surface area contributed by atoms with Gasteiger partial charge in [0.25, 0.3) is 5.91 Å². The van der Waals surface area contributed by atoms with Crippen molar-refractivity contribution in [3.63, 3.8) is 0 Å². The number of Topliss-reactive ketones (excluding diaryl/α,β-unsaturated/α-hetero) is 1. The minimum absolute atomic E-state index is 0.257. The zero-order valence-corrected chi connectivity index (χ0v) is 12.5. The number of benzene rings is 2. The Morgan fingerprint density at radius 3 is 2.55 bits per heavy atom. The molecule has 2 N–H and O–H groups in total. The van der Waals surface area contributed by atoms with Gasteiger partial charge in [0.1, 0.15) is 0 Å². The number of hydrogen-bond donors (Lipinski definition) is 2. The van der Waals surface area contributed by atoms with Crippen LogP contribution in [0.15, 0.2) is 48.5 Å². The summed E-state index contributed by atoms with van der Waals surface area (Å²) in [4.78, 5) is 25.0. The SMILES string of the molecule is Cc1ccc2c(c1)C(O)(C(C)C(=O)c1ccccc1)C(=O)N2. The van der Waals surface area contributed by atoms with Crippen molar-refractivity contribution >= 4 is 17.4 Å². The number of anilines is 1. The summed E-state index contributed by atoms with van der Waals surface area (Å²) in [5, 5.41) is 13.7. The van der Waals surface area contributed by atoms with Gasteiger partial charge >= 0.3 is 0 Å². The number of hydrogen-bond acceptors (Lipinski definition) is 3. The molecule has 0 saturated heterocycles. The molecule has 1 aliphatic rings. The number of aryl methyl sites for hydroxylation is 1. The van der Waals surface area contributed by atoms with Gasteiger partial charge in [0, 0.05) is 16.8 Å². The number of fused-ring (bicyclic) bond motifs is 1. The van der Waals surface area contributed by atoms with E-state index in [4.69, 9.17) is 0 Å². The van der Waals surface area contributed by atoms with E-state index in [2.05, 4.69) is 5.32 Å². The van der Waals surface area contributed by atoms with Crippen LogP contribution in [-0.4, -0.2) is 16.8 Å². The monoisotopic (exact) mass is 295 g/mol. The molecule has 0 fully saturated rings. The number of rotatable bonds is 3. The fraction of sp³-hybridized carbons (Fsp3) is 0.222. The van der Waals surface area contributed by atoms with Crippen molar-refractivity contribution in [3.05, 3.63) is 65.2 Å². The molecule has 2 aromatic rings. The molecule has 0 radical (unpaired) electrons. The maximum Gasteiger partial charge on any atom is 0.261 e. The molecular weight excluding hydrogens is 278 g/mol. The summed E-state index contributed by atoms with van der Waals surface area (Å²) >= 11 is 0. The van der Waals surface area contributed by atoms with Gasteiger partial charge in [-0.3, -0.25) is 9.59 Å². The van der Waals surface area contributed by atoms with Crippen molar-refractivity contribution in [2.45, 2.75) is 19.4 Å². The lowest BCUT2D eigenvalue weighted by atomic mass is 9.79. The van der Waals surface area contributed by atoms with Crippen LogP contribution in [0.25, 0.3) is 0 Å². The summed E-state index contributed by atoms with van der Waals surface area (Å²) in [6.45, 7) is 3.47. The number of carbonyl (C=O) groups is 2. The highest BCUT2D eigenvalue weighted by Gasteiger charge is 2.51. The first-order valence-corrected chi connectivity index (χ1v) is 7.19. The van der Waals surface area contributed by atoms with Crippen LogP contribution in [-0.2, 0) is 10.4 Å². The van der Waals surface area contributed by atoms with E-state index in [1.54, 1.807) is 43.3 Å². The number of aliphatic hydroxyl groups is 1. The number of ketones is 1. The fourth-order valence-electron chi connectivity index (χ4n) is 2.89. The van der Waals surface area contributed by atoms with Gasteiger partial charge in [-0.05, 0) is 13.0 Å². The van der Waals surface area contributed by atoms with Gasteiger partial charge in [0.15, 0.2) is 11.4 Å². The van der Waals surface area contributed by atoms with Crippen LogP contribution in [0.1, 0.15) is 28.4 Å². The maximum atomic E-state index is 12.6. The lowest BCUT2D eigenvalue weighted by Gasteiger charge is -2.27. The zero-order chi connectivity index (χ0) is 15.9. The van der Waals surface area contributed by atoms with E-state index in [0.717, 1.165) is 5.56 Å². The first-order chi connectivity index (χ1) is 10.4. The largest absolute Gasteiger partial charge is 0.375 e. The molecule has 0 aromatic heterocycles. The Hall–Kier alpha value is -2.46. The third-order valence-corrected chi connectivity index (χ3v) is 4.26. The summed E-state index contributed by atoms with van der Waals surface area (Å²) in [5.74, 6) is -1.68. The van der Waals surface area contributed by atoms with Gasteiger partial charge < -0.3 is 10.4 Å². The Balaban J connectivity index is 2.05. The zero-order valence-electron chi connectivity index (χ0n) is 12.5. The Labute approximate surface area is 128 Å². The predicted molar refractivity (Wildman–Crippen MR) is 83.6 cm³/mol. The van der Waals surface area contributed by atoms with Crippen LogP contribution in [0.5, 0.6) is 0 Å². The maximum absolute atomic E-state index is 12.6. The summed E-state index contributed by atoms with van der Waals surface area (Å²) < 4.78 is 0. The van der Waals surface area contributed by atoms with Gasteiger partial charge in [0.2, 0.25) is 0 Å². The molecule has 4 heteroatoms. The Bertz CT molecular complexity index is 754. The van der Waals surface area contributed by atoms with Gasteiger partial charge in [-0.15, -0.1) is 0 Å². The number of carbonyl (C=O) groups excluding carboxylic acids is 2. The molecule has 112 valence electrons. The molecule has 1 amide bonds. The lowest BCUT2D eigenvalue weighted by Crippen LogP contribution is -2.44. The Kier molecular flexibility index (Phi) is 3.34. The van der Waals surface area contributed by atoms with Gasteiger partial charge in [-0.25, -0.2) is 0 Å². The molecule has 0 aliphatic carbocycles. The molecule has 2 atom stereocenters. The number of amides is 1. The fourth-order valence-corrected chi connectivity index (χ4v) is 2.89. The Morgan fingerprint density at radius 1 is 1.18 bits per heavy atom. The van der Waals surface area contributed by atoms with Gasteiger partial charge in [-0.2, -0.15) is 0 Å². The third kappa shape index (κ3) is 2.04. The average Bonchev–Trinajstić information content (AvgIpc) is 2.79. The van der Waals surface area contributed by atoms with E-state index in [1.807, 2.05) is 19.1 Å². The van der Waals surface area contributed by atoms with Crippen molar-refractivity contribution in [1.82, 2.24) is 0 Å². The topological polar surface area (TPSA) is 66.4 Å². The van der Waals surface area contributed by atoms with Crippen molar-refractivity contribution < 1.29 is 14.7 Å². The van der Waals surface area contributed by atoms with Crippen LogP contribution < -0.4 is 5.32 Å². The second-order valence-electron chi connectivity index (χ2n) is 5.72. The highest BCUT2D eigenvalue weighted by molar-refractivity contribution is 6.10. The quantitative estimate of drug-likeness (QED) is 0.856. The minimum Gasteiger partial charge on any atom is -0.375 e. The molecule has 2 aromatic carbocycles. The van der Waals surface area contributed by atoms with Crippen molar-refractivity contribution in [1.29, 1.82) is 0 Å². The predicted octanol–water partition coefficient (Wildman–Crippen LogP) is 2.65. The molecule has 0 spiro atoms. The third-order valence-electron chi connectivity index (χ3n) is 4.26. The second-order valence-corrected chi connectivity index (χ2v) is 5.72. The number of nitrogens with one attached hydrogen (secondary N) is 1. The molecule has 0 saturated carbocycles. The summed E-state index contributed by atoms with van der Waals surface area (Å²) in [6, 6.07) is 14.1. The van der Waals surface area contributed by atoms with Crippen molar-refractivity contribution in [2.75, 3.05) is 5.32 Å². The molecule has 0 bridgehead atoms. The highest BCUT2D eigenvalue weighted by atomic mass is 16.3. The lowest BCUT2D eigenvalue weighted by molar-refractivity contribution is -0.137. The van der Waals surface area contributed by atoms with E-state index in [1.165, 1.54) is 0 Å². The van der Waals surface area contributed by atoms with Crippen molar-refractivity contribution in [3.8, 4) is 0 Å². The molecule has 2 unspecified atom stereocenters. The molecule has 1 aliphatic heterocycles. The molecule has 22 heavy (non-hydrogen) atoms. The van der Waals surface area contributed by atoms with E-state index in [-0.39, 0.29) is 5.78 Å². The summed E-state index contributed by atoms with van der Waals surface area (Å²) in [6.07, 6.45) is 0. The molecule has 1 heterocycles. The van der Waals surface area contributed by atoms with Gasteiger partial charge in [0.05, 0.1) is 5.92 Å². The van der Waals surface area contributed by atoms with E-state index in [9.17, 15) is 14.7 Å². The summed E-state index contributed by atoms with van der Waals surface area (Å²) in [7, 11) is 0. The standard InChI is InChI=1S/C18H17NO3/c1-11-8-9-15-14(10-11)18(22,17(21)19-15)12(2)16(20)13-6-4-3-5-7-13/h3-10,12,22H,1-2H3,(H,19,21). The highest BCUT2D eigenvalue weighted by Crippen LogP contribution is 2.42. The normalized spacial score (nSPS) is 21.1. The first-order valence-electron chi connectivity index (χ1n) is 7.19. The average molecular weight is 295 g/mol. The summed E-state index contributed by atoms with van der Waals surface area (Å²) in [5.41, 5.74) is 0.597. The van der Waals surface area contributed by atoms with Crippen LogP contribution in [0.4, 0.5) is 5.69 Å². The van der Waals surface area contributed by atoms with E-state index >= 15 is 0 Å². The van der Waals surface area contributed by atoms with Crippen LogP contribution >= 0.6 is 0 Å². The first kappa shape index (κ1) is 14.5. The molecular formula is C18H17NO3. The smallest absolute Gasteiger partial charge is 0.261 e. The van der Waals surface area contributed by atoms with E-state index in [0.29, 0.717) is 16.8 Å². The molecule has 3 rings (SSSR count). The minimum atomic E-state index is -1.84. The van der Waals surface area contributed by atoms with Crippen LogP contribution in [0.3, 0.4) is 0 Å².